The summed E-state index contributed by atoms with van der Waals surface area (Å²) in [5.41, 5.74) is 6.74. The number of carbonyl (C=O) groups excluding carboxylic acids is 1. The topological polar surface area (TPSA) is 80.4 Å². The van der Waals surface area contributed by atoms with E-state index in [-0.39, 0.29) is 24.6 Å². The van der Waals surface area contributed by atoms with E-state index in [0.717, 1.165) is 5.56 Å². The number of aryl methyl sites for hydroxylation is 1. The average molecular weight is 244 g/mol. The van der Waals surface area contributed by atoms with Gasteiger partial charge in [0.2, 0.25) is 0 Å². The maximum absolute atomic E-state index is 11.6. The Bertz CT molecular complexity index is 393. The van der Waals surface area contributed by atoms with E-state index in [2.05, 4.69) is 0 Å². The van der Waals surface area contributed by atoms with Crippen LogP contribution in [0.15, 0.2) is 24.3 Å². The predicted molar refractivity (Wildman–Crippen MR) is 63.0 cm³/mol. The maximum atomic E-state index is 11.6. The molecule has 4 nitrogen and oxygen atoms in total. The van der Waals surface area contributed by atoms with Crippen molar-refractivity contribution in [1.29, 1.82) is 0 Å². The minimum absolute atomic E-state index is 0. The van der Waals surface area contributed by atoms with Crippen molar-refractivity contribution in [3.8, 4) is 0 Å². The van der Waals surface area contributed by atoms with E-state index < -0.39 is 12.0 Å². The van der Waals surface area contributed by atoms with Crippen LogP contribution in [-0.2, 0) is 4.79 Å². The second-order valence-electron chi connectivity index (χ2n) is 3.44. The van der Waals surface area contributed by atoms with Crippen molar-refractivity contribution in [2.45, 2.75) is 19.4 Å². The number of hydrogen-bond acceptors (Lipinski definition) is 3. The van der Waals surface area contributed by atoms with Crippen LogP contribution >= 0.6 is 12.4 Å². The molecule has 0 radical (unpaired) electrons. The first-order valence-electron chi connectivity index (χ1n) is 4.59. The summed E-state index contributed by atoms with van der Waals surface area (Å²) in [6, 6.07) is 5.88. The number of Topliss-reactive ketones (excluding diaryl/α,β-unsaturated/α-hetero) is 1. The number of halogens is 1. The van der Waals surface area contributed by atoms with Gasteiger partial charge in [-0.1, -0.05) is 23.8 Å². The molecule has 0 aliphatic heterocycles. The zero-order valence-corrected chi connectivity index (χ0v) is 9.66. The first-order valence-corrected chi connectivity index (χ1v) is 4.59. The van der Waals surface area contributed by atoms with Crippen LogP contribution < -0.4 is 5.73 Å². The van der Waals surface area contributed by atoms with Crippen LogP contribution in [0.3, 0.4) is 0 Å². The van der Waals surface area contributed by atoms with Crippen LogP contribution in [0, 0.1) is 6.92 Å². The Morgan fingerprint density at radius 2 is 2.06 bits per heavy atom. The third-order valence-electron chi connectivity index (χ3n) is 2.06. The first-order chi connectivity index (χ1) is 7.00. The van der Waals surface area contributed by atoms with Gasteiger partial charge in [0.25, 0.3) is 0 Å². The highest BCUT2D eigenvalue weighted by molar-refractivity contribution is 5.98. The normalized spacial score (nSPS) is 11.4. The van der Waals surface area contributed by atoms with E-state index >= 15 is 0 Å². The molecule has 0 spiro atoms. The minimum Gasteiger partial charge on any atom is -0.480 e. The number of benzene rings is 1. The molecule has 1 atom stereocenters. The molecule has 1 rings (SSSR count). The molecule has 5 heteroatoms. The largest absolute Gasteiger partial charge is 0.480 e. The molecule has 0 unspecified atom stereocenters. The molecule has 0 saturated carbocycles. The van der Waals surface area contributed by atoms with Crippen molar-refractivity contribution in [3.05, 3.63) is 35.4 Å². The lowest BCUT2D eigenvalue weighted by molar-refractivity contribution is -0.138. The maximum Gasteiger partial charge on any atom is 0.320 e. The lowest BCUT2D eigenvalue weighted by Gasteiger charge is -2.05. The van der Waals surface area contributed by atoms with Crippen molar-refractivity contribution >= 4 is 24.2 Å². The van der Waals surface area contributed by atoms with Crippen molar-refractivity contribution < 1.29 is 14.7 Å². The number of aliphatic carboxylic acids is 1. The van der Waals surface area contributed by atoms with E-state index in [4.69, 9.17) is 10.8 Å². The fraction of sp³-hybridized carbons (Fsp3) is 0.273. The van der Waals surface area contributed by atoms with E-state index in [1.54, 1.807) is 18.2 Å². The summed E-state index contributed by atoms with van der Waals surface area (Å²) in [6.07, 6.45) is -0.168. The van der Waals surface area contributed by atoms with Crippen LogP contribution in [0.2, 0.25) is 0 Å². The second-order valence-corrected chi connectivity index (χ2v) is 3.44. The number of carboxylic acids is 1. The molecule has 0 saturated heterocycles. The monoisotopic (exact) mass is 243 g/mol. The van der Waals surface area contributed by atoms with Crippen molar-refractivity contribution in [1.82, 2.24) is 0 Å². The summed E-state index contributed by atoms with van der Waals surface area (Å²) in [5, 5.41) is 8.56. The van der Waals surface area contributed by atoms with Gasteiger partial charge in [-0.05, 0) is 13.0 Å². The molecule has 0 aromatic heterocycles. The van der Waals surface area contributed by atoms with Crippen LogP contribution in [0.5, 0.6) is 0 Å². The van der Waals surface area contributed by atoms with Crippen LogP contribution in [0.4, 0.5) is 0 Å². The first kappa shape index (κ1) is 14.6. The standard InChI is InChI=1S/C11H13NO3.ClH/c1-7-3-2-4-8(5-7)10(13)6-9(12)11(14)15;/h2-5,9H,6,12H2,1H3,(H,14,15);1H/t9-;/m0./s1. The molecule has 1 aromatic rings. The van der Waals surface area contributed by atoms with E-state index in [1.807, 2.05) is 13.0 Å². The van der Waals surface area contributed by atoms with Crippen molar-refractivity contribution in [2.75, 3.05) is 0 Å². The van der Waals surface area contributed by atoms with Gasteiger partial charge in [0.15, 0.2) is 5.78 Å². The zero-order chi connectivity index (χ0) is 11.4. The van der Waals surface area contributed by atoms with Gasteiger partial charge in [-0.15, -0.1) is 12.4 Å². The molecule has 0 amide bonds. The second kappa shape index (κ2) is 6.25. The van der Waals surface area contributed by atoms with Gasteiger partial charge in [0.05, 0.1) is 0 Å². The molecule has 0 heterocycles. The molecular weight excluding hydrogens is 230 g/mol. The molecule has 1 aromatic carbocycles. The number of rotatable bonds is 4. The molecule has 16 heavy (non-hydrogen) atoms. The zero-order valence-electron chi connectivity index (χ0n) is 8.84. The van der Waals surface area contributed by atoms with E-state index in [0.29, 0.717) is 5.56 Å². The third kappa shape index (κ3) is 4.00. The van der Waals surface area contributed by atoms with Gasteiger partial charge in [-0.25, -0.2) is 0 Å². The summed E-state index contributed by atoms with van der Waals surface area (Å²) < 4.78 is 0. The van der Waals surface area contributed by atoms with Gasteiger partial charge in [-0.3, -0.25) is 9.59 Å². The Morgan fingerprint density at radius 3 is 2.56 bits per heavy atom. The Morgan fingerprint density at radius 1 is 1.44 bits per heavy atom. The lowest BCUT2D eigenvalue weighted by atomic mass is 10.0. The highest BCUT2D eigenvalue weighted by atomic mass is 35.5. The Hall–Kier alpha value is -1.39. The number of carbonyl (C=O) groups is 2. The number of ketones is 1. The fourth-order valence-electron chi connectivity index (χ4n) is 1.22. The lowest BCUT2D eigenvalue weighted by Crippen LogP contribution is -2.32. The highest BCUT2D eigenvalue weighted by Gasteiger charge is 2.17. The van der Waals surface area contributed by atoms with Gasteiger partial charge >= 0.3 is 5.97 Å². The Labute approximate surface area is 99.9 Å². The quantitative estimate of drug-likeness (QED) is 0.784. The smallest absolute Gasteiger partial charge is 0.320 e. The van der Waals surface area contributed by atoms with Crippen LogP contribution in [0.1, 0.15) is 22.3 Å². The summed E-state index contributed by atoms with van der Waals surface area (Å²) in [7, 11) is 0. The van der Waals surface area contributed by atoms with Crippen molar-refractivity contribution in [3.63, 3.8) is 0 Å². The predicted octanol–water partition coefficient (Wildman–Crippen LogP) is 1.40. The number of carboxylic acid groups (broad SMARTS) is 1. The summed E-state index contributed by atoms with van der Waals surface area (Å²) in [5.74, 6) is -1.40. The third-order valence-corrected chi connectivity index (χ3v) is 2.06. The van der Waals surface area contributed by atoms with E-state index in [1.165, 1.54) is 0 Å². The SMILES string of the molecule is Cc1cccc(C(=O)C[C@H](N)C(=O)O)c1.Cl. The van der Waals surface area contributed by atoms with E-state index in [9.17, 15) is 9.59 Å². The van der Waals surface area contributed by atoms with Crippen LogP contribution in [0.25, 0.3) is 0 Å². The van der Waals surface area contributed by atoms with Gasteiger partial charge in [0.1, 0.15) is 6.04 Å². The summed E-state index contributed by atoms with van der Waals surface area (Å²) >= 11 is 0. The highest BCUT2D eigenvalue weighted by Crippen LogP contribution is 2.07. The summed E-state index contributed by atoms with van der Waals surface area (Å²) in [4.78, 5) is 22.0. The fourth-order valence-corrected chi connectivity index (χ4v) is 1.22. The Kier molecular flexibility index (Phi) is 5.71. The Balaban J connectivity index is 0.00000225. The molecule has 0 aliphatic carbocycles. The summed E-state index contributed by atoms with van der Waals surface area (Å²) in [6.45, 7) is 1.87. The van der Waals surface area contributed by atoms with Gasteiger partial charge in [0, 0.05) is 12.0 Å². The molecule has 0 bridgehead atoms. The number of hydrogen-bond donors (Lipinski definition) is 2. The molecule has 0 fully saturated rings. The van der Waals surface area contributed by atoms with Crippen LogP contribution in [-0.4, -0.2) is 22.9 Å². The van der Waals surface area contributed by atoms with Gasteiger partial charge in [-0.2, -0.15) is 0 Å². The number of nitrogens with two attached hydrogens (primary N) is 1. The molecule has 3 N–H and O–H groups in total. The molecule has 88 valence electrons. The molecular formula is C11H14ClNO3. The van der Waals surface area contributed by atoms with Gasteiger partial charge < -0.3 is 10.8 Å². The molecule has 0 aliphatic rings. The van der Waals surface area contributed by atoms with Crippen molar-refractivity contribution in [2.24, 2.45) is 5.73 Å². The average Bonchev–Trinajstić information content (AvgIpc) is 2.17. The minimum atomic E-state index is -1.16.